The molecule has 1 unspecified atom stereocenters. The molecule has 1 aromatic carbocycles. The summed E-state index contributed by atoms with van der Waals surface area (Å²) in [5, 5.41) is 15.4. The van der Waals surface area contributed by atoms with Gasteiger partial charge in [0.05, 0.1) is 11.1 Å². The van der Waals surface area contributed by atoms with Gasteiger partial charge in [-0.1, -0.05) is 31.3 Å². The fraction of sp³-hybridized carbons (Fsp3) is 0.455. The Morgan fingerprint density at radius 3 is 3.00 bits per heavy atom. The third-order valence-electron chi connectivity index (χ3n) is 6.21. The number of nitrogens with one attached hydrogen (secondary N) is 3. The van der Waals surface area contributed by atoms with E-state index in [1.807, 2.05) is 16.9 Å². The average molecular weight is 417 g/mol. The van der Waals surface area contributed by atoms with Crippen molar-refractivity contribution in [1.29, 1.82) is 0 Å². The largest absolute Gasteiger partial charge is 0.353 e. The molecule has 2 aromatic heterocycles. The molecule has 160 valence electrons. The van der Waals surface area contributed by atoms with Crippen molar-refractivity contribution in [3.63, 3.8) is 0 Å². The number of hydrogen-bond acceptors (Lipinski definition) is 6. The first kappa shape index (κ1) is 20.0. The molecule has 8 nitrogen and oxygen atoms in total. The maximum Gasteiger partial charge on any atom is 0.238 e. The van der Waals surface area contributed by atoms with Gasteiger partial charge < -0.3 is 16.0 Å². The van der Waals surface area contributed by atoms with Crippen molar-refractivity contribution < 1.29 is 4.79 Å². The number of carbonyl (C=O) groups is 1. The Labute approximate surface area is 182 Å². The highest BCUT2D eigenvalue weighted by molar-refractivity contribution is 6.52. The van der Waals surface area contributed by atoms with Crippen LogP contribution in [0.25, 0.3) is 11.0 Å². The van der Waals surface area contributed by atoms with E-state index >= 15 is 0 Å². The Hall–Kier alpha value is -2.94. The zero-order valence-electron chi connectivity index (χ0n) is 18.1. The molecule has 0 spiro atoms. The van der Waals surface area contributed by atoms with Gasteiger partial charge in [-0.25, -0.2) is 4.98 Å². The van der Waals surface area contributed by atoms with Crippen LogP contribution in [-0.2, 0) is 11.3 Å². The lowest BCUT2D eigenvalue weighted by atomic mass is 9.72. The van der Waals surface area contributed by atoms with Crippen LogP contribution in [0.15, 0.2) is 24.4 Å². The van der Waals surface area contributed by atoms with Gasteiger partial charge in [0.25, 0.3) is 0 Å². The summed E-state index contributed by atoms with van der Waals surface area (Å²) in [5.74, 6) is 0.0252. The SMILES string of the molecule is CBc1ccc2c(c1)C(c1nc(NC[C@@H]3CCCN3)nc3nn(CCC)cc13)C(=O)N2. The highest BCUT2D eigenvalue weighted by Gasteiger charge is 2.35. The molecular weight excluding hydrogens is 389 g/mol. The first-order valence-electron chi connectivity index (χ1n) is 11.3. The zero-order chi connectivity index (χ0) is 21.4. The van der Waals surface area contributed by atoms with Gasteiger partial charge in [-0.05, 0) is 37.4 Å². The Morgan fingerprint density at radius 1 is 1.32 bits per heavy atom. The Kier molecular flexibility index (Phi) is 5.35. The summed E-state index contributed by atoms with van der Waals surface area (Å²) in [6.45, 7) is 6.86. The highest BCUT2D eigenvalue weighted by atomic mass is 16.2. The smallest absolute Gasteiger partial charge is 0.238 e. The molecule has 0 aliphatic carbocycles. The molecule has 4 heterocycles. The number of fused-ring (bicyclic) bond motifs is 2. The number of aromatic nitrogens is 4. The molecule has 31 heavy (non-hydrogen) atoms. The predicted molar refractivity (Wildman–Crippen MR) is 125 cm³/mol. The molecular formula is C22H28BN7O. The van der Waals surface area contributed by atoms with E-state index in [0.29, 0.717) is 17.6 Å². The molecule has 0 radical (unpaired) electrons. The summed E-state index contributed by atoms with van der Waals surface area (Å²) in [6.07, 6.45) is 5.29. The molecule has 0 bridgehead atoms. The van der Waals surface area contributed by atoms with Crippen LogP contribution in [0, 0.1) is 0 Å². The number of hydrogen-bond donors (Lipinski definition) is 3. The molecule has 5 rings (SSSR count). The van der Waals surface area contributed by atoms with E-state index in [-0.39, 0.29) is 5.91 Å². The minimum Gasteiger partial charge on any atom is -0.353 e. The number of nitrogens with zero attached hydrogens (tertiary/aromatic N) is 4. The highest BCUT2D eigenvalue weighted by Crippen LogP contribution is 2.38. The van der Waals surface area contributed by atoms with Crippen molar-refractivity contribution in [2.24, 2.45) is 0 Å². The second-order valence-corrected chi connectivity index (χ2v) is 8.43. The van der Waals surface area contributed by atoms with Crippen LogP contribution in [0.2, 0.25) is 6.82 Å². The van der Waals surface area contributed by atoms with Crippen molar-refractivity contribution in [3.05, 3.63) is 35.7 Å². The molecule has 1 saturated heterocycles. The fourth-order valence-corrected chi connectivity index (χ4v) is 4.56. The van der Waals surface area contributed by atoms with E-state index < -0.39 is 5.92 Å². The second-order valence-electron chi connectivity index (χ2n) is 8.43. The summed E-state index contributed by atoms with van der Waals surface area (Å²) < 4.78 is 1.90. The van der Waals surface area contributed by atoms with Gasteiger partial charge >= 0.3 is 0 Å². The molecule has 0 saturated carbocycles. The van der Waals surface area contributed by atoms with Crippen LogP contribution in [0.5, 0.6) is 0 Å². The van der Waals surface area contributed by atoms with Gasteiger partial charge in [-0.15, -0.1) is 0 Å². The Balaban J connectivity index is 1.58. The van der Waals surface area contributed by atoms with Gasteiger partial charge in [0.1, 0.15) is 5.92 Å². The summed E-state index contributed by atoms with van der Waals surface area (Å²) >= 11 is 0. The van der Waals surface area contributed by atoms with Crippen LogP contribution >= 0.6 is 0 Å². The lowest BCUT2D eigenvalue weighted by Gasteiger charge is -2.14. The van der Waals surface area contributed by atoms with E-state index in [2.05, 4.69) is 51.9 Å². The van der Waals surface area contributed by atoms with Crippen molar-refractivity contribution in [3.8, 4) is 0 Å². The van der Waals surface area contributed by atoms with Gasteiger partial charge in [-0.3, -0.25) is 9.48 Å². The third-order valence-corrected chi connectivity index (χ3v) is 6.21. The lowest BCUT2D eigenvalue weighted by molar-refractivity contribution is -0.116. The number of aryl methyl sites for hydroxylation is 1. The van der Waals surface area contributed by atoms with E-state index in [9.17, 15) is 4.79 Å². The lowest BCUT2D eigenvalue weighted by Crippen LogP contribution is -2.30. The molecule has 2 atom stereocenters. The van der Waals surface area contributed by atoms with Gasteiger partial charge in [-0.2, -0.15) is 10.1 Å². The van der Waals surface area contributed by atoms with Crippen molar-refractivity contribution in [2.75, 3.05) is 23.7 Å². The van der Waals surface area contributed by atoms with Crippen LogP contribution in [-0.4, -0.2) is 52.1 Å². The first-order chi connectivity index (χ1) is 15.2. The first-order valence-corrected chi connectivity index (χ1v) is 11.3. The van der Waals surface area contributed by atoms with Gasteiger partial charge in [0.2, 0.25) is 11.9 Å². The molecule has 9 heteroatoms. The topological polar surface area (TPSA) is 96.8 Å². The summed E-state index contributed by atoms with van der Waals surface area (Å²) in [7, 11) is 0.920. The van der Waals surface area contributed by atoms with E-state index in [1.54, 1.807) is 0 Å². The van der Waals surface area contributed by atoms with Crippen molar-refractivity contribution in [1.82, 2.24) is 25.1 Å². The second kappa shape index (κ2) is 8.30. The quantitative estimate of drug-likeness (QED) is 0.506. The fourth-order valence-electron chi connectivity index (χ4n) is 4.56. The van der Waals surface area contributed by atoms with E-state index in [0.717, 1.165) is 62.1 Å². The maximum absolute atomic E-state index is 13.1. The average Bonchev–Trinajstić information content (AvgIpc) is 3.49. The number of anilines is 2. The normalized spacial score (nSPS) is 20.1. The zero-order valence-corrected chi connectivity index (χ0v) is 18.1. The van der Waals surface area contributed by atoms with Crippen LogP contribution in [0.4, 0.5) is 11.6 Å². The number of amides is 1. The van der Waals surface area contributed by atoms with Crippen LogP contribution < -0.4 is 21.4 Å². The van der Waals surface area contributed by atoms with E-state index in [4.69, 9.17) is 4.98 Å². The molecule has 2 aliphatic heterocycles. The molecule has 2 aliphatic rings. The molecule has 1 amide bonds. The minimum atomic E-state index is -0.462. The molecule has 1 fully saturated rings. The standard InChI is InChI=1S/C22H28BN7O/c1-3-9-30-12-16-19(18-15-10-13(23-2)6-7-17(15)26-21(18)31)27-22(28-20(16)29-30)25-11-14-5-4-8-24-14/h6-7,10,12,14,18,23-24H,3-5,8-9,11H2,1-2H3,(H,26,31)(H,25,28,29)/t14-,18?/m0/s1. The van der Waals surface area contributed by atoms with E-state index in [1.165, 1.54) is 11.9 Å². The Bertz CT molecular complexity index is 1120. The molecule has 3 aromatic rings. The number of rotatable bonds is 7. The minimum absolute atomic E-state index is 0.0464. The van der Waals surface area contributed by atoms with Crippen molar-refractivity contribution >= 4 is 41.3 Å². The van der Waals surface area contributed by atoms with Crippen LogP contribution in [0.3, 0.4) is 0 Å². The van der Waals surface area contributed by atoms with Crippen LogP contribution in [0.1, 0.15) is 43.4 Å². The van der Waals surface area contributed by atoms with Gasteiger partial charge in [0, 0.05) is 31.0 Å². The molecule has 3 N–H and O–H groups in total. The van der Waals surface area contributed by atoms with Gasteiger partial charge in [0.15, 0.2) is 12.9 Å². The Morgan fingerprint density at radius 2 is 2.23 bits per heavy atom. The summed E-state index contributed by atoms with van der Waals surface area (Å²) in [5.41, 5.74) is 4.41. The number of benzene rings is 1. The third kappa shape index (κ3) is 3.78. The summed E-state index contributed by atoms with van der Waals surface area (Å²) in [4.78, 5) is 22.6. The monoisotopic (exact) mass is 417 g/mol. The maximum atomic E-state index is 13.1. The van der Waals surface area contributed by atoms with Crippen molar-refractivity contribution in [2.45, 2.75) is 51.5 Å². The number of carbonyl (C=O) groups excluding carboxylic acids is 1. The summed E-state index contributed by atoms with van der Waals surface area (Å²) in [6, 6.07) is 6.61. The predicted octanol–water partition coefficient (Wildman–Crippen LogP) is 1.59.